The van der Waals surface area contributed by atoms with E-state index < -0.39 is 15.3 Å². The molecule has 0 bridgehead atoms. The summed E-state index contributed by atoms with van der Waals surface area (Å²) in [5, 5.41) is 9.72. The highest BCUT2D eigenvalue weighted by Gasteiger charge is 2.40. The molecule has 3 nitrogen and oxygen atoms in total. The number of sulfone groups is 1. The summed E-state index contributed by atoms with van der Waals surface area (Å²) >= 11 is 9.14. The van der Waals surface area contributed by atoms with Crippen LogP contribution in [-0.2, 0) is 9.84 Å². The molecule has 0 saturated heterocycles. The van der Waals surface area contributed by atoms with E-state index in [-0.39, 0.29) is 17.3 Å². The van der Waals surface area contributed by atoms with Gasteiger partial charge < -0.3 is 5.11 Å². The first-order chi connectivity index (χ1) is 8.38. The van der Waals surface area contributed by atoms with E-state index in [4.69, 9.17) is 11.6 Å². The van der Waals surface area contributed by atoms with Crippen LogP contribution in [0.4, 0.5) is 0 Å². The van der Waals surface area contributed by atoms with Crippen molar-refractivity contribution in [2.75, 3.05) is 12.4 Å². The third-order valence-electron chi connectivity index (χ3n) is 3.50. The van der Waals surface area contributed by atoms with Gasteiger partial charge in [-0.3, -0.25) is 0 Å². The summed E-state index contributed by atoms with van der Waals surface area (Å²) in [6, 6.07) is 4.61. The summed E-state index contributed by atoms with van der Waals surface area (Å²) in [5.41, 5.74) is -0.446. The third kappa shape index (κ3) is 2.74. The molecule has 100 valence electrons. The van der Waals surface area contributed by atoms with Crippen LogP contribution in [0.25, 0.3) is 0 Å². The number of rotatable bonds is 4. The second-order valence-corrected chi connectivity index (χ2v) is 8.10. The van der Waals surface area contributed by atoms with Crippen molar-refractivity contribution in [2.45, 2.75) is 24.2 Å². The Morgan fingerprint density at radius 1 is 1.39 bits per heavy atom. The standard InChI is InChI=1S/C12H14BrClO3S/c13-10-3-2-9(6-11(10)14)18(16,17)8-12(7-15)4-1-5-12/h2-3,6,15H,1,4-5,7-8H2. The number of aliphatic hydroxyl groups is 1. The topological polar surface area (TPSA) is 54.4 Å². The molecule has 0 amide bonds. The van der Waals surface area contributed by atoms with Crippen molar-refractivity contribution in [1.29, 1.82) is 0 Å². The monoisotopic (exact) mass is 352 g/mol. The predicted molar refractivity (Wildman–Crippen MR) is 74.6 cm³/mol. The molecule has 0 heterocycles. The van der Waals surface area contributed by atoms with E-state index >= 15 is 0 Å². The zero-order valence-corrected chi connectivity index (χ0v) is 12.9. The Labute approximate surface area is 120 Å². The molecule has 18 heavy (non-hydrogen) atoms. The van der Waals surface area contributed by atoms with E-state index in [1.807, 2.05) is 0 Å². The fourth-order valence-corrected chi connectivity index (χ4v) is 4.60. The molecule has 1 aromatic rings. The zero-order valence-electron chi connectivity index (χ0n) is 9.70. The molecule has 0 spiro atoms. The van der Waals surface area contributed by atoms with Crippen LogP contribution in [0.1, 0.15) is 19.3 Å². The quantitative estimate of drug-likeness (QED) is 0.905. The fourth-order valence-electron chi connectivity index (χ4n) is 2.18. The SMILES string of the molecule is O=S(=O)(CC1(CO)CCC1)c1ccc(Br)c(Cl)c1. The van der Waals surface area contributed by atoms with Gasteiger partial charge in [-0.05, 0) is 47.0 Å². The highest BCUT2D eigenvalue weighted by atomic mass is 79.9. The van der Waals surface area contributed by atoms with E-state index in [2.05, 4.69) is 15.9 Å². The minimum Gasteiger partial charge on any atom is -0.396 e. The Balaban J connectivity index is 2.28. The lowest BCUT2D eigenvalue weighted by molar-refractivity contribution is 0.0667. The molecule has 1 fully saturated rings. The van der Waals surface area contributed by atoms with Crippen molar-refractivity contribution >= 4 is 37.4 Å². The molecule has 1 aromatic carbocycles. The molecule has 0 radical (unpaired) electrons. The minimum atomic E-state index is -3.40. The van der Waals surface area contributed by atoms with Gasteiger partial charge in [0, 0.05) is 16.5 Å². The van der Waals surface area contributed by atoms with E-state index in [0.717, 1.165) is 19.3 Å². The summed E-state index contributed by atoms with van der Waals surface area (Å²) in [6.45, 7) is -0.0729. The van der Waals surface area contributed by atoms with Gasteiger partial charge in [0.25, 0.3) is 0 Å². The molecule has 0 unspecified atom stereocenters. The normalized spacial score (nSPS) is 18.4. The van der Waals surface area contributed by atoms with Gasteiger partial charge in [0.2, 0.25) is 0 Å². The maximum Gasteiger partial charge on any atom is 0.179 e. The van der Waals surface area contributed by atoms with Gasteiger partial charge in [0.05, 0.1) is 15.7 Å². The van der Waals surface area contributed by atoms with Crippen LogP contribution in [0.5, 0.6) is 0 Å². The highest BCUT2D eigenvalue weighted by molar-refractivity contribution is 9.10. The van der Waals surface area contributed by atoms with Crippen LogP contribution in [0.15, 0.2) is 27.6 Å². The highest BCUT2D eigenvalue weighted by Crippen LogP contribution is 2.42. The summed E-state index contributed by atoms with van der Waals surface area (Å²) in [4.78, 5) is 0.218. The molecule has 1 aliphatic carbocycles. The number of benzene rings is 1. The summed E-state index contributed by atoms with van der Waals surface area (Å²) in [5.74, 6) is -0.00549. The molecular formula is C12H14BrClO3S. The largest absolute Gasteiger partial charge is 0.396 e. The Morgan fingerprint density at radius 3 is 2.50 bits per heavy atom. The van der Waals surface area contributed by atoms with Gasteiger partial charge >= 0.3 is 0 Å². The first-order valence-electron chi connectivity index (χ1n) is 5.67. The molecular weight excluding hydrogens is 340 g/mol. The predicted octanol–water partition coefficient (Wildman–Crippen LogP) is 3.04. The van der Waals surface area contributed by atoms with Crippen molar-refractivity contribution in [2.24, 2.45) is 5.41 Å². The first-order valence-corrected chi connectivity index (χ1v) is 8.50. The summed E-state index contributed by atoms with van der Waals surface area (Å²) < 4.78 is 25.2. The van der Waals surface area contributed by atoms with E-state index in [1.54, 1.807) is 6.07 Å². The van der Waals surface area contributed by atoms with Gasteiger partial charge in [-0.15, -0.1) is 0 Å². The molecule has 2 rings (SSSR count). The minimum absolute atomic E-state index is 0.00549. The number of hydrogen-bond acceptors (Lipinski definition) is 3. The zero-order chi connectivity index (χ0) is 13.4. The van der Waals surface area contributed by atoms with Crippen LogP contribution in [0, 0.1) is 5.41 Å². The molecule has 1 aliphatic rings. The van der Waals surface area contributed by atoms with Gasteiger partial charge in [-0.25, -0.2) is 8.42 Å². The Bertz CT molecular complexity index is 547. The average molecular weight is 354 g/mol. The summed E-state index contributed by atoms with van der Waals surface area (Å²) in [6.07, 6.45) is 2.52. The average Bonchev–Trinajstić information content (AvgIpc) is 2.27. The van der Waals surface area contributed by atoms with Crippen molar-refractivity contribution in [3.05, 3.63) is 27.7 Å². The first kappa shape index (κ1) is 14.3. The van der Waals surface area contributed by atoms with Gasteiger partial charge in [0.15, 0.2) is 9.84 Å². The fraction of sp³-hybridized carbons (Fsp3) is 0.500. The van der Waals surface area contributed by atoms with Crippen LogP contribution in [0.2, 0.25) is 5.02 Å². The van der Waals surface area contributed by atoms with Crippen LogP contribution in [-0.4, -0.2) is 25.9 Å². The molecule has 1 saturated carbocycles. The van der Waals surface area contributed by atoms with Gasteiger partial charge in [-0.2, -0.15) is 0 Å². The van der Waals surface area contributed by atoms with Gasteiger partial charge in [0.1, 0.15) is 0 Å². The third-order valence-corrected chi connectivity index (χ3v) is 6.69. The molecule has 1 N–H and O–H groups in total. The second-order valence-electron chi connectivity index (χ2n) is 4.85. The maximum atomic E-state index is 12.3. The van der Waals surface area contributed by atoms with E-state index in [0.29, 0.717) is 9.50 Å². The van der Waals surface area contributed by atoms with Crippen molar-refractivity contribution in [3.8, 4) is 0 Å². The number of hydrogen-bond donors (Lipinski definition) is 1. The van der Waals surface area contributed by atoms with Crippen LogP contribution in [0.3, 0.4) is 0 Å². The van der Waals surface area contributed by atoms with Crippen LogP contribution >= 0.6 is 27.5 Å². The lowest BCUT2D eigenvalue weighted by Crippen LogP contribution is -2.40. The number of aliphatic hydroxyl groups excluding tert-OH is 1. The van der Waals surface area contributed by atoms with Crippen molar-refractivity contribution in [3.63, 3.8) is 0 Å². The van der Waals surface area contributed by atoms with E-state index in [1.165, 1.54) is 12.1 Å². The Morgan fingerprint density at radius 2 is 2.06 bits per heavy atom. The summed E-state index contributed by atoms with van der Waals surface area (Å²) in [7, 11) is -3.40. The lowest BCUT2D eigenvalue weighted by Gasteiger charge is -2.39. The molecule has 0 atom stereocenters. The smallest absolute Gasteiger partial charge is 0.179 e. The maximum absolute atomic E-state index is 12.3. The Hall–Kier alpha value is -0.100. The molecule has 6 heteroatoms. The lowest BCUT2D eigenvalue weighted by atomic mass is 9.71. The molecule has 0 aliphatic heterocycles. The van der Waals surface area contributed by atoms with Crippen LogP contribution < -0.4 is 0 Å². The van der Waals surface area contributed by atoms with E-state index in [9.17, 15) is 13.5 Å². The second kappa shape index (κ2) is 5.12. The van der Waals surface area contributed by atoms with Gasteiger partial charge in [-0.1, -0.05) is 18.0 Å². The van der Waals surface area contributed by atoms with Crippen molar-refractivity contribution < 1.29 is 13.5 Å². The molecule has 0 aromatic heterocycles. The number of halogens is 2. The Kier molecular flexibility index (Phi) is 4.07. The van der Waals surface area contributed by atoms with Crippen molar-refractivity contribution in [1.82, 2.24) is 0 Å².